The van der Waals surface area contributed by atoms with Gasteiger partial charge in [-0.05, 0) is 110 Å². The van der Waals surface area contributed by atoms with E-state index in [-0.39, 0.29) is 12.1 Å². The maximum absolute atomic E-state index is 11.6. The number of fused-ring (bicyclic) bond motifs is 5. The van der Waals surface area contributed by atoms with E-state index < -0.39 is 0 Å². The van der Waals surface area contributed by atoms with Crippen LogP contribution in [0.1, 0.15) is 126 Å². The molecule has 34 heavy (non-hydrogen) atoms. The Morgan fingerprint density at radius 1 is 1.03 bits per heavy atom. The lowest BCUT2D eigenvalue weighted by Crippen LogP contribution is -2.53. The largest absolute Gasteiger partial charge is 0.463 e. The Kier molecular flexibility index (Phi) is 7.41. The zero-order chi connectivity index (χ0) is 24.9. The molecule has 9 atom stereocenters. The number of hydrogen-bond donors (Lipinski definition) is 0. The normalized spacial score (nSPS) is 43.4. The molecular formula is C32H54O2. The minimum atomic E-state index is -0.104. The Morgan fingerprint density at radius 2 is 1.76 bits per heavy atom. The van der Waals surface area contributed by atoms with E-state index in [1.165, 1.54) is 57.8 Å². The van der Waals surface area contributed by atoms with E-state index in [2.05, 4.69) is 54.5 Å². The fraction of sp³-hybridized carbons (Fsp3) is 0.906. The molecule has 0 N–H and O–H groups in total. The van der Waals surface area contributed by atoms with Crippen molar-refractivity contribution in [3.8, 4) is 0 Å². The van der Waals surface area contributed by atoms with E-state index >= 15 is 0 Å². The first-order chi connectivity index (χ1) is 16.0. The summed E-state index contributed by atoms with van der Waals surface area (Å²) in [6.07, 6.45) is 17.1. The van der Waals surface area contributed by atoms with Gasteiger partial charge in [-0.25, -0.2) is 0 Å². The van der Waals surface area contributed by atoms with Crippen LogP contribution in [0.25, 0.3) is 0 Å². The average Bonchev–Trinajstić information content (AvgIpc) is 3.05. The minimum absolute atomic E-state index is 0.104. The van der Waals surface area contributed by atoms with Crippen molar-refractivity contribution in [3.63, 3.8) is 0 Å². The summed E-state index contributed by atoms with van der Waals surface area (Å²) < 4.78 is 5.67. The van der Waals surface area contributed by atoms with Crippen molar-refractivity contribution >= 4 is 5.97 Å². The third kappa shape index (κ3) is 4.21. The molecule has 2 nitrogen and oxygen atoms in total. The van der Waals surface area contributed by atoms with Gasteiger partial charge in [0.1, 0.15) is 6.10 Å². The highest BCUT2D eigenvalue weighted by atomic mass is 16.5. The van der Waals surface area contributed by atoms with Crippen molar-refractivity contribution in [2.75, 3.05) is 0 Å². The quantitative estimate of drug-likeness (QED) is 0.274. The molecule has 4 rings (SSSR count). The summed E-state index contributed by atoms with van der Waals surface area (Å²) in [4.78, 5) is 11.6. The van der Waals surface area contributed by atoms with Gasteiger partial charge in [-0.2, -0.15) is 0 Å². The predicted molar refractivity (Wildman–Crippen MR) is 142 cm³/mol. The van der Waals surface area contributed by atoms with E-state index in [0.29, 0.717) is 22.2 Å². The van der Waals surface area contributed by atoms with Crippen LogP contribution in [0.4, 0.5) is 0 Å². The molecule has 4 aliphatic rings. The summed E-state index contributed by atoms with van der Waals surface area (Å²) in [6.45, 7) is 19.3. The molecule has 0 radical (unpaired) electrons. The number of hydrogen-bond acceptors (Lipinski definition) is 2. The maximum atomic E-state index is 11.6. The summed E-state index contributed by atoms with van der Waals surface area (Å²) in [5.74, 6) is 4.73. The highest BCUT2D eigenvalue weighted by Gasteiger charge is 2.63. The first kappa shape index (κ1) is 26.3. The molecule has 0 spiro atoms. The summed E-state index contributed by atoms with van der Waals surface area (Å²) >= 11 is 0. The van der Waals surface area contributed by atoms with Crippen molar-refractivity contribution in [1.82, 2.24) is 0 Å². The molecule has 3 saturated carbocycles. The Balaban J connectivity index is 1.52. The van der Waals surface area contributed by atoms with E-state index in [1.807, 2.05) is 5.57 Å². The highest BCUT2D eigenvalue weighted by Crippen LogP contribution is 2.72. The molecule has 0 amide bonds. The predicted octanol–water partition coefficient (Wildman–Crippen LogP) is 8.99. The Morgan fingerprint density at radius 3 is 2.41 bits per heavy atom. The minimum Gasteiger partial charge on any atom is -0.463 e. The van der Waals surface area contributed by atoms with Gasteiger partial charge >= 0.3 is 5.97 Å². The van der Waals surface area contributed by atoms with Crippen LogP contribution in [0.15, 0.2) is 11.6 Å². The van der Waals surface area contributed by atoms with Gasteiger partial charge < -0.3 is 4.74 Å². The van der Waals surface area contributed by atoms with E-state index in [1.54, 1.807) is 6.92 Å². The molecule has 0 aromatic heterocycles. The monoisotopic (exact) mass is 470 g/mol. The van der Waals surface area contributed by atoms with Crippen LogP contribution in [0.2, 0.25) is 0 Å². The van der Waals surface area contributed by atoms with Crippen LogP contribution in [0, 0.1) is 51.8 Å². The van der Waals surface area contributed by atoms with Gasteiger partial charge in [-0.3, -0.25) is 4.79 Å². The Hall–Kier alpha value is -0.790. The lowest BCUT2D eigenvalue weighted by Gasteiger charge is -2.61. The molecule has 3 fully saturated rings. The number of carbonyl (C=O) groups excluding carboxylic acids is 1. The SMILES string of the molecule is CCC(CCC(C)C1CCC2(C)C3CCC4CC(OC(C)=O)CCC4(C)C3=CCC12C)C(C)C. The molecule has 0 saturated heterocycles. The number of allylic oxidation sites excluding steroid dienone is 2. The second-order valence-electron chi connectivity index (χ2n) is 14.1. The van der Waals surface area contributed by atoms with Gasteiger partial charge in [-0.15, -0.1) is 0 Å². The van der Waals surface area contributed by atoms with Crippen molar-refractivity contribution in [3.05, 3.63) is 11.6 Å². The second kappa shape index (κ2) is 9.59. The molecule has 0 aromatic carbocycles. The summed E-state index contributed by atoms with van der Waals surface area (Å²) in [6, 6.07) is 0. The molecule has 0 aromatic rings. The van der Waals surface area contributed by atoms with Crippen molar-refractivity contribution < 1.29 is 9.53 Å². The number of esters is 1. The zero-order valence-corrected chi connectivity index (χ0v) is 23.7. The summed E-state index contributed by atoms with van der Waals surface area (Å²) in [5, 5.41) is 0. The summed E-state index contributed by atoms with van der Waals surface area (Å²) in [5.41, 5.74) is 3.01. The highest BCUT2D eigenvalue weighted by molar-refractivity contribution is 5.66. The van der Waals surface area contributed by atoms with E-state index in [9.17, 15) is 4.79 Å². The maximum Gasteiger partial charge on any atom is 0.302 e. The zero-order valence-electron chi connectivity index (χ0n) is 23.7. The first-order valence-corrected chi connectivity index (χ1v) is 14.8. The third-order valence-corrected chi connectivity index (χ3v) is 12.4. The first-order valence-electron chi connectivity index (χ1n) is 14.8. The van der Waals surface area contributed by atoms with E-state index in [4.69, 9.17) is 4.74 Å². The fourth-order valence-corrected chi connectivity index (χ4v) is 9.84. The topological polar surface area (TPSA) is 26.3 Å². The lowest BCUT2D eigenvalue weighted by atomic mass is 9.44. The fourth-order valence-electron chi connectivity index (χ4n) is 9.84. The van der Waals surface area contributed by atoms with Crippen molar-refractivity contribution in [2.24, 2.45) is 51.8 Å². The van der Waals surface area contributed by atoms with Gasteiger partial charge in [0.05, 0.1) is 0 Å². The molecule has 194 valence electrons. The number of carbonyl (C=O) groups is 1. The molecule has 0 bridgehead atoms. The van der Waals surface area contributed by atoms with Crippen LogP contribution in [-0.2, 0) is 9.53 Å². The van der Waals surface area contributed by atoms with Gasteiger partial charge in [0.25, 0.3) is 0 Å². The average molecular weight is 471 g/mol. The molecule has 0 heterocycles. The second-order valence-corrected chi connectivity index (χ2v) is 14.1. The van der Waals surface area contributed by atoms with Crippen LogP contribution >= 0.6 is 0 Å². The molecule has 4 aliphatic carbocycles. The van der Waals surface area contributed by atoms with Crippen molar-refractivity contribution in [2.45, 2.75) is 132 Å². The van der Waals surface area contributed by atoms with Crippen LogP contribution in [0.5, 0.6) is 0 Å². The molecular weight excluding hydrogens is 416 g/mol. The van der Waals surface area contributed by atoms with Crippen LogP contribution in [0.3, 0.4) is 0 Å². The third-order valence-electron chi connectivity index (χ3n) is 12.4. The molecule has 9 unspecified atom stereocenters. The Labute approximate surface area is 211 Å². The number of ether oxygens (including phenoxy) is 1. The van der Waals surface area contributed by atoms with Crippen LogP contribution < -0.4 is 0 Å². The van der Waals surface area contributed by atoms with Crippen molar-refractivity contribution in [1.29, 1.82) is 0 Å². The van der Waals surface area contributed by atoms with Gasteiger partial charge in [0.2, 0.25) is 0 Å². The Bertz CT molecular complexity index is 782. The van der Waals surface area contributed by atoms with E-state index in [0.717, 1.165) is 42.4 Å². The molecule has 2 heteroatoms. The standard InChI is InChI=1S/C32H54O2/c1-9-24(21(2)3)11-10-22(4)27-15-18-32(8)29-13-12-25-20-26(34-23(5)33)14-17-30(25,6)28(29)16-19-31(27,32)7/h16,21-22,24-27,29H,9-15,17-20H2,1-8H3. The summed E-state index contributed by atoms with van der Waals surface area (Å²) in [7, 11) is 0. The number of rotatable bonds is 7. The van der Waals surface area contributed by atoms with Crippen LogP contribution in [-0.4, -0.2) is 12.1 Å². The lowest BCUT2D eigenvalue weighted by molar-refractivity contribution is -0.151. The van der Waals surface area contributed by atoms with Gasteiger partial charge in [0.15, 0.2) is 0 Å². The van der Waals surface area contributed by atoms with Gasteiger partial charge in [-0.1, -0.05) is 73.0 Å². The molecule has 0 aliphatic heterocycles. The van der Waals surface area contributed by atoms with Gasteiger partial charge in [0, 0.05) is 6.92 Å². The smallest absolute Gasteiger partial charge is 0.302 e.